The molecule has 3 aromatic carbocycles. The maximum absolute atomic E-state index is 12.9. The molecule has 1 N–H and O–H groups in total. The minimum atomic E-state index is -0.727. The molecule has 6 rings (SSSR count). The van der Waals surface area contributed by atoms with E-state index in [0.29, 0.717) is 10.8 Å². The number of ketones is 1. The Hall–Kier alpha value is -4.11. The second-order valence-electron chi connectivity index (χ2n) is 7.21. The third kappa shape index (κ3) is 2.86. The number of Topliss-reactive ketones (excluding diaryl/α,β-unsaturated/α-hetero) is 1. The van der Waals surface area contributed by atoms with Gasteiger partial charge in [0.05, 0.1) is 5.75 Å². The lowest BCUT2D eigenvalue weighted by Crippen LogP contribution is -2.41. The Balaban J connectivity index is 1.30. The molecule has 0 radical (unpaired) electrons. The third-order valence-electron chi connectivity index (χ3n) is 5.34. The number of thioether (sulfide) groups is 1. The number of benzene rings is 3. The molecule has 0 atom stereocenters. The average Bonchev–Trinajstić information content (AvgIpc) is 3.38. The lowest BCUT2D eigenvalue weighted by molar-refractivity contribution is -0.672. The topological polar surface area (TPSA) is 106 Å². The molecule has 0 saturated carbocycles. The Morgan fingerprint density at radius 1 is 0.938 bits per heavy atom. The van der Waals surface area contributed by atoms with Crippen LogP contribution >= 0.6 is 11.8 Å². The van der Waals surface area contributed by atoms with Crippen molar-refractivity contribution in [1.82, 2.24) is 20.5 Å². The van der Waals surface area contributed by atoms with E-state index in [2.05, 4.69) is 32.6 Å². The summed E-state index contributed by atoms with van der Waals surface area (Å²) in [6.07, 6.45) is 0. The zero-order valence-electron chi connectivity index (χ0n) is 16.5. The Bertz CT molecular complexity index is 1570. The molecule has 0 spiro atoms. The van der Waals surface area contributed by atoms with Crippen LogP contribution in [0.15, 0.2) is 81.2 Å². The van der Waals surface area contributed by atoms with E-state index in [1.807, 2.05) is 30.3 Å². The summed E-state index contributed by atoms with van der Waals surface area (Å²) in [5.74, 6) is -0.434. The van der Waals surface area contributed by atoms with Crippen molar-refractivity contribution in [2.24, 2.45) is 0 Å². The summed E-state index contributed by atoms with van der Waals surface area (Å²) in [6, 6.07) is 21.1. The number of carbonyl (C=O) groups excluding carboxylic acids is 1. The van der Waals surface area contributed by atoms with Gasteiger partial charge in [-0.25, -0.2) is 9.78 Å². The zero-order chi connectivity index (χ0) is 21.7. The van der Waals surface area contributed by atoms with Gasteiger partial charge in [-0.1, -0.05) is 66.4 Å². The molecule has 2 aromatic heterocycles. The molecular formula is C23H14N5O3S+. The summed E-state index contributed by atoms with van der Waals surface area (Å²) < 4.78 is 6.20. The van der Waals surface area contributed by atoms with Gasteiger partial charge in [-0.05, 0) is 15.3 Å². The number of aromatic amines is 1. The molecular weight excluding hydrogens is 426 g/mol. The number of nitrogens with one attached hydrogen (secondary N) is 1. The van der Waals surface area contributed by atoms with Crippen LogP contribution in [0, 0.1) is 0 Å². The Kier molecular flexibility index (Phi) is 4.22. The number of nitrogens with zero attached hydrogens (tertiary/aromatic N) is 4. The number of fused-ring (bicyclic) bond motifs is 3. The Morgan fingerprint density at radius 2 is 1.69 bits per heavy atom. The number of carbonyl (C=O) groups is 1. The molecule has 0 unspecified atom stereocenters. The van der Waals surface area contributed by atoms with Crippen molar-refractivity contribution in [3.63, 3.8) is 0 Å². The Labute approximate surface area is 184 Å². The predicted molar refractivity (Wildman–Crippen MR) is 118 cm³/mol. The second kappa shape index (κ2) is 7.24. The van der Waals surface area contributed by atoms with Crippen molar-refractivity contribution in [2.45, 2.75) is 5.16 Å². The highest BCUT2D eigenvalue weighted by Crippen LogP contribution is 2.44. The fraction of sp³-hybridized carbons (Fsp3) is 0.0435. The van der Waals surface area contributed by atoms with E-state index >= 15 is 0 Å². The van der Waals surface area contributed by atoms with Gasteiger partial charge >= 0.3 is 11.3 Å². The fourth-order valence-electron chi connectivity index (χ4n) is 3.95. The van der Waals surface area contributed by atoms with E-state index in [-0.39, 0.29) is 11.4 Å². The van der Waals surface area contributed by atoms with Crippen LogP contribution in [0.25, 0.3) is 39.0 Å². The zero-order valence-corrected chi connectivity index (χ0v) is 17.3. The monoisotopic (exact) mass is 440 g/mol. The van der Waals surface area contributed by atoms with Crippen molar-refractivity contribution >= 4 is 28.3 Å². The van der Waals surface area contributed by atoms with Gasteiger partial charge in [0, 0.05) is 28.6 Å². The molecule has 9 heteroatoms. The standard InChI is InChI=1S/C23H13N5O3S/c29-17(21-22(30)31-27-28(21)14-8-2-1-3-9-14)12-32-23-24-19-15-10-4-6-13-7-5-11-16(18(13)15)20(19)25-26-23/h1-11H,12H2/p+1. The van der Waals surface area contributed by atoms with E-state index < -0.39 is 11.4 Å². The van der Waals surface area contributed by atoms with E-state index in [4.69, 9.17) is 4.52 Å². The molecule has 1 aliphatic rings. The number of rotatable bonds is 5. The summed E-state index contributed by atoms with van der Waals surface area (Å²) in [5, 5.41) is 13.7. The molecule has 5 aromatic rings. The highest BCUT2D eigenvalue weighted by molar-refractivity contribution is 7.99. The minimum absolute atomic E-state index is 0.0347. The maximum Gasteiger partial charge on any atom is 0.438 e. The molecule has 0 saturated heterocycles. The molecule has 0 bridgehead atoms. The number of H-pyrrole nitrogens is 1. The molecule has 154 valence electrons. The second-order valence-corrected chi connectivity index (χ2v) is 8.16. The summed E-state index contributed by atoms with van der Waals surface area (Å²) in [7, 11) is 0. The van der Waals surface area contributed by atoms with E-state index in [0.717, 1.165) is 45.0 Å². The van der Waals surface area contributed by atoms with Gasteiger partial charge in [-0.2, -0.15) is 0 Å². The SMILES string of the molecule is O=C(CSc1nnc2c(n1)-c1cccc3cccc-2c13)c1c(=O)o[nH][n+]1-c1ccccc1. The van der Waals surface area contributed by atoms with Gasteiger partial charge in [-0.15, -0.1) is 10.2 Å². The van der Waals surface area contributed by atoms with Gasteiger partial charge in [0.25, 0.3) is 0 Å². The van der Waals surface area contributed by atoms with Crippen molar-refractivity contribution in [2.75, 3.05) is 5.75 Å². The average molecular weight is 440 g/mol. The van der Waals surface area contributed by atoms with E-state index in [1.54, 1.807) is 24.3 Å². The van der Waals surface area contributed by atoms with Crippen LogP contribution in [0.1, 0.15) is 10.5 Å². The van der Waals surface area contributed by atoms with Crippen LogP contribution in [0.5, 0.6) is 0 Å². The van der Waals surface area contributed by atoms with Crippen LogP contribution in [-0.2, 0) is 0 Å². The number of hydrogen-bond donors (Lipinski definition) is 1. The molecule has 8 nitrogen and oxygen atoms in total. The first-order chi connectivity index (χ1) is 15.7. The van der Waals surface area contributed by atoms with Gasteiger partial charge < -0.3 is 0 Å². The van der Waals surface area contributed by atoms with Crippen LogP contribution in [0.4, 0.5) is 0 Å². The first-order valence-electron chi connectivity index (χ1n) is 9.83. The third-order valence-corrected chi connectivity index (χ3v) is 6.18. The van der Waals surface area contributed by atoms with Crippen molar-refractivity contribution in [3.8, 4) is 28.2 Å². The molecule has 0 aliphatic heterocycles. The van der Waals surface area contributed by atoms with Gasteiger partial charge in [0.2, 0.25) is 16.6 Å². The van der Waals surface area contributed by atoms with Crippen molar-refractivity contribution in [1.29, 1.82) is 0 Å². The normalized spacial score (nSPS) is 11.6. The van der Waals surface area contributed by atoms with Crippen LogP contribution in [0.3, 0.4) is 0 Å². The fourth-order valence-corrected chi connectivity index (χ4v) is 4.60. The van der Waals surface area contributed by atoms with Crippen molar-refractivity contribution < 1.29 is 14.0 Å². The predicted octanol–water partition coefficient (Wildman–Crippen LogP) is 3.21. The Morgan fingerprint density at radius 3 is 2.47 bits per heavy atom. The van der Waals surface area contributed by atoms with E-state index in [1.165, 1.54) is 4.68 Å². The largest absolute Gasteiger partial charge is 0.438 e. The van der Waals surface area contributed by atoms with Gasteiger partial charge in [0.1, 0.15) is 11.4 Å². The highest BCUT2D eigenvalue weighted by Gasteiger charge is 2.31. The lowest BCUT2D eigenvalue weighted by atomic mass is 10.0. The smallest absolute Gasteiger partial charge is 0.286 e. The van der Waals surface area contributed by atoms with Crippen LogP contribution in [-0.4, -0.2) is 32.0 Å². The molecule has 0 fully saturated rings. The van der Waals surface area contributed by atoms with Gasteiger partial charge in [0.15, 0.2) is 0 Å². The van der Waals surface area contributed by atoms with Gasteiger partial charge in [-0.3, -0.25) is 9.32 Å². The molecule has 0 amide bonds. The van der Waals surface area contributed by atoms with E-state index in [9.17, 15) is 9.59 Å². The molecule has 2 heterocycles. The lowest BCUT2D eigenvalue weighted by Gasteiger charge is -2.02. The number of para-hydroxylation sites is 1. The van der Waals surface area contributed by atoms with Crippen molar-refractivity contribution in [3.05, 3.63) is 82.8 Å². The summed E-state index contributed by atoms with van der Waals surface area (Å²) in [6.45, 7) is 0. The first kappa shape index (κ1) is 18.6. The minimum Gasteiger partial charge on any atom is -0.286 e. The maximum atomic E-state index is 12.9. The van der Waals surface area contributed by atoms with Crippen LogP contribution < -0.4 is 10.3 Å². The highest BCUT2D eigenvalue weighted by atomic mass is 32.2. The molecule has 32 heavy (non-hydrogen) atoms. The quantitative estimate of drug-likeness (QED) is 0.249. The van der Waals surface area contributed by atoms with Crippen LogP contribution in [0.2, 0.25) is 0 Å². The first-order valence-corrected chi connectivity index (χ1v) is 10.8. The summed E-state index contributed by atoms with van der Waals surface area (Å²) >= 11 is 1.13. The number of aromatic nitrogens is 5. The number of hydrogen-bond acceptors (Lipinski definition) is 7. The summed E-state index contributed by atoms with van der Waals surface area (Å²) in [5.41, 5.74) is 3.31. The summed E-state index contributed by atoms with van der Waals surface area (Å²) in [4.78, 5) is 29.7. The molecule has 1 aliphatic carbocycles.